The second-order valence-corrected chi connectivity index (χ2v) is 6.02. The summed E-state index contributed by atoms with van der Waals surface area (Å²) in [6, 6.07) is 6.65. The van der Waals surface area contributed by atoms with Crippen LogP contribution in [0.15, 0.2) is 24.3 Å². The Morgan fingerprint density at radius 3 is 2.74 bits per heavy atom. The third-order valence-corrected chi connectivity index (χ3v) is 4.31. The van der Waals surface area contributed by atoms with Crippen LogP contribution < -0.4 is 4.74 Å². The lowest BCUT2D eigenvalue weighted by Gasteiger charge is -2.24. The number of halogens is 1. The van der Waals surface area contributed by atoms with Crippen LogP contribution in [-0.2, 0) is 6.54 Å². The summed E-state index contributed by atoms with van der Waals surface area (Å²) in [6.07, 6.45) is 2.38. The molecule has 1 atom stereocenters. The third kappa shape index (κ3) is 4.07. The molecule has 5 nitrogen and oxygen atoms in total. The van der Waals surface area contributed by atoms with E-state index < -0.39 is 0 Å². The number of benzene rings is 1. The van der Waals surface area contributed by atoms with Crippen LogP contribution >= 0.6 is 0 Å². The van der Waals surface area contributed by atoms with Gasteiger partial charge in [-0.05, 0) is 57.5 Å². The SMILES string of the molecule is Cc1nc(C)n(C[C@@H]2CCCN2CCOc2ccc(F)cc2)n1. The van der Waals surface area contributed by atoms with Gasteiger partial charge in [-0.1, -0.05) is 0 Å². The summed E-state index contributed by atoms with van der Waals surface area (Å²) < 4.78 is 20.6. The Morgan fingerprint density at radius 1 is 1.26 bits per heavy atom. The lowest BCUT2D eigenvalue weighted by Crippen LogP contribution is -2.36. The molecule has 0 N–H and O–H groups in total. The minimum Gasteiger partial charge on any atom is -0.492 e. The van der Waals surface area contributed by atoms with Gasteiger partial charge in [-0.25, -0.2) is 14.1 Å². The molecule has 0 unspecified atom stereocenters. The number of hydrogen-bond donors (Lipinski definition) is 0. The summed E-state index contributed by atoms with van der Waals surface area (Å²) in [5.74, 6) is 2.27. The number of hydrogen-bond acceptors (Lipinski definition) is 4. The number of nitrogens with zero attached hydrogens (tertiary/aromatic N) is 4. The van der Waals surface area contributed by atoms with Gasteiger partial charge in [0.15, 0.2) is 0 Å². The van der Waals surface area contributed by atoms with E-state index >= 15 is 0 Å². The lowest BCUT2D eigenvalue weighted by molar-refractivity contribution is 0.181. The fourth-order valence-corrected chi connectivity index (χ4v) is 3.14. The number of aromatic nitrogens is 3. The lowest BCUT2D eigenvalue weighted by atomic mass is 10.2. The number of rotatable bonds is 6. The predicted molar refractivity (Wildman–Crippen MR) is 86.0 cm³/mol. The van der Waals surface area contributed by atoms with E-state index in [9.17, 15) is 4.39 Å². The van der Waals surface area contributed by atoms with Crippen LogP contribution in [0.3, 0.4) is 0 Å². The summed E-state index contributed by atoms with van der Waals surface area (Å²) in [4.78, 5) is 6.81. The molecule has 0 saturated carbocycles. The quantitative estimate of drug-likeness (QED) is 0.821. The maximum absolute atomic E-state index is 12.9. The summed E-state index contributed by atoms with van der Waals surface area (Å²) in [5.41, 5.74) is 0. The zero-order valence-corrected chi connectivity index (χ0v) is 13.7. The Labute approximate surface area is 136 Å². The van der Waals surface area contributed by atoms with Gasteiger partial charge in [-0.3, -0.25) is 4.90 Å². The van der Waals surface area contributed by atoms with Crippen LogP contribution in [0, 0.1) is 19.7 Å². The fourth-order valence-electron chi connectivity index (χ4n) is 3.14. The second-order valence-electron chi connectivity index (χ2n) is 6.02. The molecule has 1 aromatic carbocycles. The first-order valence-corrected chi connectivity index (χ1v) is 8.12. The van der Waals surface area contributed by atoms with E-state index in [1.807, 2.05) is 18.5 Å². The topological polar surface area (TPSA) is 43.2 Å². The van der Waals surface area contributed by atoms with Crippen molar-refractivity contribution in [1.82, 2.24) is 19.7 Å². The Kier molecular flexibility index (Phi) is 4.91. The van der Waals surface area contributed by atoms with E-state index in [1.54, 1.807) is 12.1 Å². The van der Waals surface area contributed by atoms with Crippen molar-refractivity contribution in [3.8, 4) is 5.75 Å². The molecule has 0 radical (unpaired) electrons. The Bertz CT molecular complexity index is 641. The van der Waals surface area contributed by atoms with Gasteiger partial charge in [0.05, 0.1) is 6.54 Å². The molecule has 0 bridgehead atoms. The van der Waals surface area contributed by atoms with E-state index in [0.717, 1.165) is 31.3 Å². The Balaban J connectivity index is 1.50. The standard InChI is InChI=1S/C17H23FN4O/c1-13-19-14(2)22(20-13)12-16-4-3-9-21(16)10-11-23-17-7-5-15(18)6-8-17/h5-8,16H,3-4,9-12H2,1-2H3/t16-/m0/s1. The molecule has 0 amide bonds. The maximum Gasteiger partial charge on any atom is 0.147 e. The molecule has 124 valence electrons. The molecule has 0 aliphatic carbocycles. The molecule has 1 aliphatic rings. The monoisotopic (exact) mass is 318 g/mol. The number of ether oxygens (including phenoxy) is 1. The molecule has 1 aromatic heterocycles. The van der Waals surface area contributed by atoms with Gasteiger partial charge in [0.2, 0.25) is 0 Å². The van der Waals surface area contributed by atoms with Crippen molar-refractivity contribution in [3.05, 3.63) is 41.7 Å². The van der Waals surface area contributed by atoms with Crippen LogP contribution in [0.5, 0.6) is 5.75 Å². The van der Waals surface area contributed by atoms with Crippen molar-refractivity contribution < 1.29 is 9.13 Å². The van der Waals surface area contributed by atoms with Gasteiger partial charge in [0, 0.05) is 12.6 Å². The zero-order chi connectivity index (χ0) is 16.2. The fraction of sp³-hybridized carbons (Fsp3) is 0.529. The van der Waals surface area contributed by atoms with Gasteiger partial charge in [-0.2, -0.15) is 5.10 Å². The van der Waals surface area contributed by atoms with Crippen LogP contribution in [0.25, 0.3) is 0 Å². The van der Waals surface area contributed by atoms with Crippen molar-refractivity contribution in [2.24, 2.45) is 0 Å². The van der Waals surface area contributed by atoms with Gasteiger partial charge < -0.3 is 4.74 Å². The first-order valence-electron chi connectivity index (χ1n) is 8.12. The smallest absolute Gasteiger partial charge is 0.147 e. The van der Waals surface area contributed by atoms with Crippen LogP contribution in [-0.4, -0.2) is 45.4 Å². The van der Waals surface area contributed by atoms with Crippen LogP contribution in [0.4, 0.5) is 4.39 Å². The molecular weight excluding hydrogens is 295 g/mol. The van der Waals surface area contributed by atoms with Gasteiger partial charge in [0.1, 0.15) is 29.8 Å². The summed E-state index contributed by atoms with van der Waals surface area (Å²) >= 11 is 0. The average Bonchev–Trinajstić information content (AvgIpc) is 3.08. The highest BCUT2D eigenvalue weighted by molar-refractivity contribution is 5.21. The zero-order valence-electron chi connectivity index (χ0n) is 13.7. The van der Waals surface area contributed by atoms with Crippen molar-refractivity contribution in [2.75, 3.05) is 19.7 Å². The molecule has 1 saturated heterocycles. The molecule has 3 rings (SSSR count). The highest BCUT2D eigenvalue weighted by atomic mass is 19.1. The largest absolute Gasteiger partial charge is 0.492 e. The molecule has 1 aliphatic heterocycles. The van der Waals surface area contributed by atoms with Crippen molar-refractivity contribution >= 4 is 0 Å². The predicted octanol–water partition coefficient (Wildman–Crippen LogP) is 2.58. The first kappa shape index (κ1) is 15.9. The van der Waals surface area contributed by atoms with Gasteiger partial charge in [-0.15, -0.1) is 0 Å². The summed E-state index contributed by atoms with van der Waals surface area (Å²) in [7, 11) is 0. The summed E-state index contributed by atoms with van der Waals surface area (Å²) in [5, 5.41) is 4.46. The molecule has 0 spiro atoms. The minimum absolute atomic E-state index is 0.240. The van der Waals surface area contributed by atoms with E-state index in [2.05, 4.69) is 15.0 Å². The van der Waals surface area contributed by atoms with E-state index in [1.165, 1.54) is 25.0 Å². The first-order chi connectivity index (χ1) is 11.1. The highest BCUT2D eigenvalue weighted by Crippen LogP contribution is 2.19. The van der Waals surface area contributed by atoms with Gasteiger partial charge in [0.25, 0.3) is 0 Å². The number of likely N-dealkylation sites (tertiary alicyclic amines) is 1. The molecular formula is C17H23FN4O. The van der Waals surface area contributed by atoms with Crippen molar-refractivity contribution in [2.45, 2.75) is 39.3 Å². The Morgan fingerprint density at radius 2 is 2.04 bits per heavy atom. The number of aryl methyl sites for hydroxylation is 2. The van der Waals surface area contributed by atoms with E-state index in [0.29, 0.717) is 18.4 Å². The van der Waals surface area contributed by atoms with E-state index in [-0.39, 0.29) is 5.82 Å². The average molecular weight is 318 g/mol. The van der Waals surface area contributed by atoms with Gasteiger partial charge >= 0.3 is 0 Å². The molecule has 1 fully saturated rings. The highest BCUT2D eigenvalue weighted by Gasteiger charge is 2.25. The molecule has 2 aromatic rings. The van der Waals surface area contributed by atoms with Crippen molar-refractivity contribution in [1.29, 1.82) is 0 Å². The van der Waals surface area contributed by atoms with Crippen molar-refractivity contribution in [3.63, 3.8) is 0 Å². The second kappa shape index (κ2) is 7.08. The minimum atomic E-state index is -0.240. The van der Waals surface area contributed by atoms with Crippen LogP contribution in [0.1, 0.15) is 24.5 Å². The molecule has 23 heavy (non-hydrogen) atoms. The maximum atomic E-state index is 12.9. The van der Waals surface area contributed by atoms with Crippen LogP contribution in [0.2, 0.25) is 0 Å². The normalized spacial score (nSPS) is 18.5. The summed E-state index contributed by atoms with van der Waals surface area (Å²) in [6.45, 7) is 7.36. The third-order valence-electron chi connectivity index (χ3n) is 4.31. The van der Waals surface area contributed by atoms with E-state index in [4.69, 9.17) is 4.74 Å². The Hall–Kier alpha value is -1.95. The molecule has 2 heterocycles. The molecule has 6 heteroatoms.